The van der Waals surface area contributed by atoms with E-state index in [0.717, 1.165) is 50.4 Å². The molecule has 1 unspecified atom stereocenters. The fourth-order valence-corrected chi connectivity index (χ4v) is 3.92. The summed E-state index contributed by atoms with van der Waals surface area (Å²) in [7, 11) is 2.05. The SMILES string of the molecule is Cn1cc(-c2ccc(C(=O)O)cc2)cc1C1=CCC(CN2CCOCC2)C=C1. The molecule has 1 aromatic heterocycles. The summed E-state index contributed by atoms with van der Waals surface area (Å²) in [5, 5.41) is 9.06. The third kappa shape index (κ3) is 4.11. The van der Waals surface area contributed by atoms with Crippen LogP contribution in [-0.4, -0.2) is 53.4 Å². The van der Waals surface area contributed by atoms with E-state index in [4.69, 9.17) is 9.84 Å². The average Bonchev–Trinajstić information content (AvgIpc) is 3.11. The topological polar surface area (TPSA) is 54.7 Å². The molecule has 146 valence electrons. The number of aryl methyl sites for hydroxylation is 1. The Morgan fingerprint density at radius 2 is 1.93 bits per heavy atom. The number of allylic oxidation sites excluding steroid dienone is 3. The second-order valence-corrected chi connectivity index (χ2v) is 7.53. The zero-order valence-corrected chi connectivity index (χ0v) is 16.2. The van der Waals surface area contributed by atoms with Crippen LogP contribution in [0.1, 0.15) is 22.5 Å². The van der Waals surface area contributed by atoms with Crippen molar-refractivity contribution in [2.24, 2.45) is 13.0 Å². The molecule has 5 heteroatoms. The second-order valence-electron chi connectivity index (χ2n) is 7.53. The zero-order chi connectivity index (χ0) is 19.5. The van der Waals surface area contributed by atoms with Gasteiger partial charge in [-0.2, -0.15) is 0 Å². The lowest BCUT2D eigenvalue weighted by Gasteiger charge is -2.30. The van der Waals surface area contributed by atoms with E-state index in [1.807, 2.05) is 12.1 Å². The average molecular weight is 378 g/mol. The number of nitrogens with zero attached hydrogens (tertiary/aromatic N) is 2. The Kier molecular flexibility index (Phi) is 5.46. The van der Waals surface area contributed by atoms with Gasteiger partial charge in [0.1, 0.15) is 0 Å². The Morgan fingerprint density at radius 3 is 2.57 bits per heavy atom. The highest BCUT2D eigenvalue weighted by Crippen LogP contribution is 2.30. The lowest BCUT2D eigenvalue weighted by molar-refractivity contribution is 0.0335. The van der Waals surface area contributed by atoms with Crippen molar-refractivity contribution in [2.75, 3.05) is 32.8 Å². The first-order valence-corrected chi connectivity index (χ1v) is 9.79. The molecular weight excluding hydrogens is 352 g/mol. The van der Waals surface area contributed by atoms with Gasteiger partial charge in [-0.1, -0.05) is 30.4 Å². The van der Waals surface area contributed by atoms with Crippen molar-refractivity contribution in [3.63, 3.8) is 0 Å². The molecule has 0 saturated carbocycles. The fourth-order valence-electron chi connectivity index (χ4n) is 3.92. The normalized spacial score (nSPS) is 20.2. The van der Waals surface area contributed by atoms with Gasteiger partial charge >= 0.3 is 5.97 Å². The molecule has 1 N–H and O–H groups in total. The number of carboxylic acid groups (broad SMARTS) is 1. The number of ether oxygens (including phenoxy) is 1. The summed E-state index contributed by atoms with van der Waals surface area (Å²) in [6.45, 7) is 4.84. The van der Waals surface area contributed by atoms with E-state index in [1.54, 1.807) is 12.1 Å². The summed E-state index contributed by atoms with van der Waals surface area (Å²) in [6, 6.07) is 9.22. The van der Waals surface area contributed by atoms with Crippen LogP contribution in [0, 0.1) is 5.92 Å². The number of morpholine rings is 1. The maximum Gasteiger partial charge on any atom is 0.335 e. The highest BCUT2D eigenvalue weighted by atomic mass is 16.5. The molecule has 4 rings (SSSR count). The number of carbonyl (C=O) groups is 1. The van der Waals surface area contributed by atoms with Gasteiger partial charge in [0.15, 0.2) is 0 Å². The highest BCUT2D eigenvalue weighted by Gasteiger charge is 2.18. The number of aromatic carboxylic acids is 1. The van der Waals surface area contributed by atoms with E-state index in [2.05, 4.69) is 47.0 Å². The van der Waals surface area contributed by atoms with Gasteiger partial charge in [0.05, 0.1) is 18.8 Å². The van der Waals surface area contributed by atoms with E-state index in [-0.39, 0.29) is 0 Å². The van der Waals surface area contributed by atoms with Gasteiger partial charge in [-0.15, -0.1) is 0 Å². The van der Waals surface area contributed by atoms with Crippen molar-refractivity contribution in [3.8, 4) is 11.1 Å². The molecule has 5 nitrogen and oxygen atoms in total. The van der Waals surface area contributed by atoms with Crippen LogP contribution >= 0.6 is 0 Å². The van der Waals surface area contributed by atoms with Crippen molar-refractivity contribution in [3.05, 3.63) is 66.0 Å². The van der Waals surface area contributed by atoms with Crippen LogP contribution in [0.5, 0.6) is 0 Å². The zero-order valence-electron chi connectivity index (χ0n) is 16.2. The molecule has 28 heavy (non-hydrogen) atoms. The summed E-state index contributed by atoms with van der Waals surface area (Å²) in [6.07, 6.45) is 10.1. The molecule has 2 aromatic rings. The molecule has 0 amide bonds. The van der Waals surface area contributed by atoms with Crippen LogP contribution in [0.15, 0.2) is 54.8 Å². The smallest absolute Gasteiger partial charge is 0.335 e. The van der Waals surface area contributed by atoms with Gasteiger partial charge in [0, 0.05) is 38.6 Å². The monoisotopic (exact) mass is 378 g/mol. The Labute approximate surface area is 165 Å². The van der Waals surface area contributed by atoms with Gasteiger partial charge in [-0.25, -0.2) is 4.79 Å². The highest BCUT2D eigenvalue weighted by molar-refractivity contribution is 5.88. The number of benzene rings is 1. The summed E-state index contributed by atoms with van der Waals surface area (Å²) in [5.74, 6) is -0.338. The number of carboxylic acids is 1. The molecule has 1 aliphatic carbocycles. The van der Waals surface area contributed by atoms with Gasteiger partial charge in [-0.3, -0.25) is 4.90 Å². The first-order chi connectivity index (χ1) is 13.6. The van der Waals surface area contributed by atoms with Gasteiger partial charge in [0.2, 0.25) is 0 Å². The third-order valence-electron chi connectivity index (χ3n) is 5.55. The number of hydrogen-bond acceptors (Lipinski definition) is 3. The maximum atomic E-state index is 11.0. The van der Waals surface area contributed by atoms with Crippen molar-refractivity contribution in [1.29, 1.82) is 0 Å². The predicted octanol–water partition coefficient (Wildman–Crippen LogP) is 3.68. The predicted molar refractivity (Wildman–Crippen MR) is 110 cm³/mol. The summed E-state index contributed by atoms with van der Waals surface area (Å²) in [4.78, 5) is 13.5. The van der Waals surface area contributed by atoms with Crippen LogP contribution in [0.4, 0.5) is 0 Å². The molecular formula is C23H26N2O3. The van der Waals surface area contributed by atoms with Crippen LogP contribution in [0.25, 0.3) is 16.7 Å². The van der Waals surface area contributed by atoms with E-state index < -0.39 is 5.97 Å². The van der Waals surface area contributed by atoms with E-state index in [1.165, 1.54) is 11.3 Å². The fraction of sp³-hybridized carbons (Fsp3) is 0.348. The number of aromatic nitrogens is 1. The van der Waals surface area contributed by atoms with Crippen LogP contribution < -0.4 is 0 Å². The molecule has 2 aliphatic rings. The van der Waals surface area contributed by atoms with Crippen LogP contribution in [-0.2, 0) is 11.8 Å². The minimum atomic E-state index is -0.899. The van der Waals surface area contributed by atoms with Gasteiger partial charge < -0.3 is 14.4 Å². The van der Waals surface area contributed by atoms with Crippen molar-refractivity contribution in [1.82, 2.24) is 9.47 Å². The minimum absolute atomic E-state index is 0.309. The largest absolute Gasteiger partial charge is 0.478 e. The van der Waals surface area contributed by atoms with Crippen LogP contribution in [0.2, 0.25) is 0 Å². The number of rotatable bonds is 5. The van der Waals surface area contributed by atoms with Crippen molar-refractivity contribution < 1.29 is 14.6 Å². The third-order valence-corrected chi connectivity index (χ3v) is 5.55. The number of hydrogen-bond donors (Lipinski definition) is 1. The lowest BCUT2D eigenvalue weighted by Crippen LogP contribution is -2.39. The van der Waals surface area contributed by atoms with E-state index >= 15 is 0 Å². The van der Waals surface area contributed by atoms with Crippen LogP contribution in [0.3, 0.4) is 0 Å². The Hall–Kier alpha value is -2.63. The molecule has 0 spiro atoms. The quantitative estimate of drug-likeness (QED) is 0.862. The molecule has 0 bridgehead atoms. The summed E-state index contributed by atoms with van der Waals surface area (Å²) in [5.41, 5.74) is 4.85. The van der Waals surface area contributed by atoms with E-state index in [0.29, 0.717) is 11.5 Å². The Morgan fingerprint density at radius 1 is 1.18 bits per heavy atom. The molecule has 1 aliphatic heterocycles. The molecule has 2 heterocycles. The molecule has 0 radical (unpaired) electrons. The van der Waals surface area contributed by atoms with E-state index in [9.17, 15) is 4.79 Å². The Bertz CT molecular complexity index is 902. The molecule has 1 atom stereocenters. The first-order valence-electron chi connectivity index (χ1n) is 9.79. The minimum Gasteiger partial charge on any atom is -0.478 e. The maximum absolute atomic E-state index is 11.0. The molecule has 1 fully saturated rings. The summed E-state index contributed by atoms with van der Waals surface area (Å²) >= 11 is 0. The standard InChI is InChI=1S/C23H26N2O3/c1-24-16-21(18-6-8-20(9-7-18)23(26)27)14-22(24)19-4-2-17(3-5-19)15-25-10-12-28-13-11-25/h2,4-9,14,16-17H,3,10-13,15H2,1H3,(H,26,27). The second kappa shape index (κ2) is 8.17. The van der Waals surface area contributed by atoms with Crippen molar-refractivity contribution in [2.45, 2.75) is 6.42 Å². The first kappa shape index (κ1) is 18.7. The summed E-state index contributed by atoms with van der Waals surface area (Å²) < 4.78 is 7.57. The molecule has 1 saturated heterocycles. The van der Waals surface area contributed by atoms with Gasteiger partial charge in [0.25, 0.3) is 0 Å². The van der Waals surface area contributed by atoms with Gasteiger partial charge in [-0.05, 0) is 47.2 Å². The van der Waals surface area contributed by atoms with Crippen molar-refractivity contribution >= 4 is 11.5 Å². The molecule has 1 aromatic carbocycles. The Balaban J connectivity index is 1.45. The lowest BCUT2D eigenvalue weighted by atomic mass is 9.94.